The van der Waals surface area contributed by atoms with E-state index in [0.29, 0.717) is 129 Å². The van der Waals surface area contributed by atoms with Gasteiger partial charge < -0.3 is 0 Å². The average Bonchev–Trinajstić information content (AvgIpc) is 1.63. The summed E-state index contributed by atoms with van der Waals surface area (Å²) >= 11 is 11.6. The number of nitrogens with one attached hydrogen (secondary N) is 1. The molecule has 0 bridgehead atoms. The van der Waals surface area contributed by atoms with Crippen LogP contribution in [-0.2, 0) is 25.7 Å². The molecule has 0 unspecified atom stereocenters. The molecule has 0 saturated carbocycles. The van der Waals surface area contributed by atoms with Crippen LogP contribution in [0.2, 0.25) is 16.2 Å². The summed E-state index contributed by atoms with van der Waals surface area (Å²) in [7, 11) is 4.36. The second-order valence-corrected chi connectivity index (χ2v) is 59.3. The topological polar surface area (TPSA) is 248 Å². The van der Waals surface area contributed by atoms with Crippen molar-refractivity contribution in [2.75, 3.05) is 40.8 Å². The molecule has 20 rings (SSSR count). The predicted octanol–water partition coefficient (Wildman–Crippen LogP) is 24.9. The molecular weight excluding hydrogens is 2040 g/mol. The van der Waals surface area contributed by atoms with E-state index in [1.807, 2.05) is 11.3 Å². The Morgan fingerprint density at radius 3 is 1.05 bits per heavy atom. The number of hydrogen-bond donors (Lipinski definition) is 1. The minimum atomic E-state index is -1.91. The van der Waals surface area contributed by atoms with Crippen LogP contribution >= 0.6 is 92.8 Å². The summed E-state index contributed by atoms with van der Waals surface area (Å²) in [6.45, 7) is 9.67. The van der Waals surface area contributed by atoms with Gasteiger partial charge in [0.15, 0.2) is 1.41 Å². The summed E-state index contributed by atoms with van der Waals surface area (Å²) in [5, 5.41) is 2.27. The first-order valence-corrected chi connectivity index (χ1v) is 64.9. The van der Waals surface area contributed by atoms with Gasteiger partial charge in [0.05, 0.1) is 35.5 Å². The number of carbonyl (C=O) groups is 12. The molecule has 1 N–H and O–H groups in total. The molecule has 10 aliphatic rings. The molecule has 27 heteroatoms. The van der Waals surface area contributed by atoms with Gasteiger partial charge in [0, 0.05) is 171 Å². The van der Waals surface area contributed by atoms with Crippen molar-refractivity contribution in [3.05, 3.63) is 197 Å². The number of hydrogen-bond acceptors (Lipinski definition) is 17. The number of rotatable bonds is 24. The predicted molar refractivity (Wildman–Crippen MR) is 531 cm³/mol. The van der Waals surface area contributed by atoms with Gasteiger partial charge in [-0.25, -0.2) is 0 Å². The van der Waals surface area contributed by atoms with E-state index in [0.717, 1.165) is 161 Å². The molecule has 19 nitrogen and oxygen atoms in total. The van der Waals surface area contributed by atoms with Crippen molar-refractivity contribution in [1.29, 1.82) is 3.55 Å². The minimum Gasteiger partial charge on any atom is -0.268 e. The zero-order chi connectivity index (χ0) is 91.2. The Balaban J connectivity index is 0.000000171. The maximum Gasteiger partial charge on any atom is 0.195 e. The third-order valence-corrected chi connectivity index (χ3v) is 41.9. The monoisotopic (exact) mass is 2140 g/mol. The average molecular weight is 2140 g/mol. The van der Waals surface area contributed by atoms with Crippen molar-refractivity contribution >= 4 is 240 Å². The van der Waals surface area contributed by atoms with Gasteiger partial charge in [-0.05, 0) is 150 Å². The van der Waals surface area contributed by atoms with Crippen LogP contribution in [0.4, 0.5) is 0 Å². The zero-order valence-electron chi connectivity index (χ0n) is 74.8. The van der Waals surface area contributed by atoms with Crippen LogP contribution in [0.1, 0.15) is 333 Å². The van der Waals surface area contributed by atoms with Crippen LogP contribution in [0.15, 0.2) is 83.3 Å². The number of thiophene rings is 4. The van der Waals surface area contributed by atoms with Gasteiger partial charge in [0.1, 0.15) is 0 Å². The second kappa shape index (κ2) is 37.3. The van der Waals surface area contributed by atoms with Gasteiger partial charge in [-0.3, -0.25) is 90.5 Å². The first-order valence-electron chi connectivity index (χ1n) is 45.5. The Bertz CT molecular complexity index is 6660. The van der Waals surface area contributed by atoms with E-state index >= 15 is 0 Å². The van der Waals surface area contributed by atoms with Crippen molar-refractivity contribution in [3.8, 4) is 20.9 Å². The molecule has 128 heavy (non-hydrogen) atoms. The molecule has 0 atom stereocenters. The summed E-state index contributed by atoms with van der Waals surface area (Å²) < 4.78 is 11.3. The molecule has 0 saturated heterocycles. The Morgan fingerprint density at radius 1 is 0.336 bits per heavy atom. The molecular formula is C101H102Br2IN7O12S4Sn. The molecule has 6 aromatic carbocycles. The number of allylic oxidation sites excluding steroid dienone is 4. The van der Waals surface area contributed by atoms with E-state index < -0.39 is 77.4 Å². The van der Waals surface area contributed by atoms with Crippen LogP contribution in [0.3, 0.4) is 0 Å². The first kappa shape index (κ1) is 90.1. The van der Waals surface area contributed by atoms with Gasteiger partial charge in [-0.1, -0.05) is 117 Å². The van der Waals surface area contributed by atoms with E-state index in [-0.39, 0.29) is 49.3 Å². The Morgan fingerprint density at radius 2 is 0.633 bits per heavy atom. The molecule has 0 spiro atoms. The van der Waals surface area contributed by atoms with E-state index in [1.165, 1.54) is 90.4 Å². The van der Waals surface area contributed by atoms with Gasteiger partial charge in [-0.15, -0.1) is 22.7 Å². The van der Waals surface area contributed by atoms with E-state index in [9.17, 15) is 57.5 Å². The fourth-order valence-electron chi connectivity index (χ4n) is 20.5. The summed E-state index contributed by atoms with van der Waals surface area (Å²) in [5.74, 6) is -5.16. The van der Waals surface area contributed by atoms with Crippen molar-refractivity contribution in [1.82, 2.24) is 29.4 Å². The number of benzene rings is 6. The second-order valence-electron chi connectivity index (χ2n) is 36.1. The Hall–Kier alpha value is -8.49. The molecule has 6 aliphatic heterocycles. The molecule has 4 aromatic heterocycles. The third-order valence-electron chi connectivity index (χ3n) is 27.1. The number of unbranched alkanes of at least 4 members (excludes halogenated alkanes) is 15. The smallest absolute Gasteiger partial charge is 0.195 e. The maximum atomic E-state index is 14.9. The number of imide groups is 6. The molecule has 0 radical (unpaired) electrons. The van der Waals surface area contributed by atoms with Gasteiger partial charge in [0.2, 0.25) is 0 Å². The molecule has 662 valence electrons. The SMILES string of the molecule is CCCCCCCCN1C(=O)c2ccc3c4c(c(-c5cc6c(s5)CC/C6=C5/CCc6sc(-c7cc8c9c(ccc%10c9c7C(=O)N(CCCCCCCC)C%10=O)C(=O)N(C)C8=O)cc65)cc(c24)C1=O)C(=O)N(C)C3=O.CCCCCCCCN1C(=O)c2ccc3c4c(cc(Br)c(c24)C1=O)C(=O)N(C)C3=O.Cc1cc2c(s1)CC/C2=C1/CCc2s[c]([Sn]([CH3])([CH3])[CH3])cc21.[2H]N=IBr. The van der Waals surface area contributed by atoms with Crippen LogP contribution in [0, 0.1) is 10.5 Å². The Labute approximate surface area is 791 Å². The number of halogens is 3. The number of nitrogens with zero attached hydrogens (tertiary/aromatic N) is 6. The van der Waals surface area contributed by atoms with E-state index in [4.69, 9.17) is 1.41 Å². The van der Waals surface area contributed by atoms with E-state index in [1.54, 1.807) is 112 Å². The maximum absolute atomic E-state index is 14.9. The van der Waals surface area contributed by atoms with Crippen LogP contribution in [-0.4, -0.2) is 159 Å². The third kappa shape index (κ3) is 15.9. The van der Waals surface area contributed by atoms with Crippen LogP contribution in [0.25, 0.3) is 75.5 Å². The largest absolute Gasteiger partial charge is 0.268 e. The summed E-state index contributed by atoms with van der Waals surface area (Å²) in [6, 6.07) is 24.1. The molecule has 0 fully saturated rings. The van der Waals surface area contributed by atoms with Gasteiger partial charge in [-0.2, -0.15) is 0 Å². The van der Waals surface area contributed by atoms with Crippen molar-refractivity contribution in [3.63, 3.8) is 0 Å². The normalized spacial score (nSPS) is 17.7. The summed E-state index contributed by atoms with van der Waals surface area (Å²) in [6.07, 6.45) is 26.6. The van der Waals surface area contributed by atoms with Crippen molar-refractivity contribution < 1.29 is 58.9 Å². The standard InChI is InChI=1S/C60H56N4O8S2.C23H23BrN2O4.C15H13S2.3CH3.BrHIN.Sn/c1-5-7-9-11-13-15-25-63-56(68)34-18-19-35-49-48(34)42(58(63)70)28-39(51(49)59(71)62(4)54(35)66)45-29-37-31(21-23-43(37)73-45)32-22-24-44-38(32)30-46(74-44)40-27-41-47-33(53(65)61(3)55(41)67)17-20-36-50(47)52(40)60(72)64(57(36)69)26-16-14-12-10-8-6-2;1-3-4-5-6-7-8-11-26-22(29)14-10-9-13-17-15(21(28)25(2)20(13)27)12-16(24)19(18(14)17)23(26)30;1-9-8-13-11(3-5-15(13)17-9)10-2-4-14-12(10)6-7-16-14;;;;1-2-3;/h17-20,27-30H,5-16,21-26H2,1-4H3;9-10,12H,3-8,11H2,1-2H3;6,8H,2-5H2,1H3;3*1H3;3H;/b32-31+;;11-10+;;;;;/i/hD. The summed E-state index contributed by atoms with van der Waals surface area (Å²) in [5.41, 5.74) is 16.2. The van der Waals surface area contributed by atoms with Crippen LogP contribution in [0.5, 0.6) is 0 Å². The quantitative estimate of drug-likeness (QED) is 0.0257. The van der Waals surface area contributed by atoms with Gasteiger partial charge in [0.25, 0.3) is 70.9 Å². The van der Waals surface area contributed by atoms with Crippen molar-refractivity contribution in [2.24, 2.45) is 0 Å². The minimum absolute atomic E-state index is 0.275. The first-order chi connectivity index (χ1) is 62.1. The van der Waals surface area contributed by atoms with Crippen molar-refractivity contribution in [2.45, 2.75) is 209 Å². The number of carbonyl (C=O) groups excluding carboxylic acids is 12. The van der Waals surface area contributed by atoms with Crippen LogP contribution < -0.4 is 2.89 Å². The molecule has 10 heterocycles. The molecule has 4 aliphatic carbocycles. The fourth-order valence-corrected chi connectivity index (χ4v) is 31.2. The molecule has 10 aromatic rings. The number of fused-ring (bicyclic) bond motifs is 4. The number of amides is 12. The molecule has 12 amide bonds. The van der Waals surface area contributed by atoms with Gasteiger partial charge >= 0.3 is 140 Å². The van der Waals surface area contributed by atoms with E-state index in [2.05, 4.69) is 110 Å². The Kier molecular flexibility index (Phi) is 26.2. The summed E-state index contributed by atoms with van der Waals surface area (Å²) in [4.78, 5) is 189. The number of aryl methyl sites for hydroxylation is 5. The zero-order valence-corrected chi connectivity index (χ0v) is 85.3. The fraction of sp³-hybridized carbons (Fsp3) is 0.386.